The van der Waals surface area contributed by atoms with Crippen molar-refractivity contribution in [1.82, 2.24) is 0 Å². The van der Waals surface area contributed by atoms with Gasteiger partial charge in [0.25, 0.3) is 0 Å². The predicted molar refractivity (Wildman–Crippen MR) is 53.9 cm³/mol. The second-order valence-electron chi connectivity index (χ2n) is 2.85. The van der Waals surface area contributed by atoms with E-state index >= 15 is 0 Å². The molecule has 0 fully saturated rings. The Kier molecular flexibility index (Phi) is 3.53. The fraction of sp³-hybridized carbons (Fsp3) is 0.200. The van der Waals surface area contributed by atoms with Gasteiger partial charge in [-0.3, -0.25) is 0 Å². The highest BCUT2D eigenvalue weighted by atomic mass is 35.5. The Hall–Kier alpha value is -1.73. The van der Waals surface area contributed by atoms with E-state index in [4.69, 9.17) is 26.7 Å². The van der Waals surface area contributed by atoms with E-state index in [0.29, 0.717) is 5.02 Å². The summed E-state index contributed by atoms with van der Waals surface area (Å²) in [5.74, 6) is -0.918. The van der Waals surface area contributed by atoms with E-state index in [-0.39, 0.29) is 11.3 Å². The Morgan fingerprint density at radius 2 is 2.33 bits per heavy atom. The average molecular weight is 226 g/mol. The van der Waals surface area contributed by atoms with E-state index in [2.05, 4.69) is 0 Å². The summed E-state index contributed by atoms with van der Waals surface area (Å²) in [6.07, 6.45) is -1.02. The van der Waals surface area contributed by atoms with Gasteiger partial charge < -0.3 is 9.84 Å². The molecule has 4 nitrogen and oxygen atoms in total. The van der Waals surface area contributed by atoms with Gasteiger partial charge in [0, 0.05) is 11.1 Å². The SMILES string of the molecule is C[C@H](Oc1cc(Cl)ccc1C#N)C(=O)O. The van der Waals surface area contributed by atoms with E-state index in [0.717, 1.165) is 0 Å². The van der Waals surface area contributed by atoms with Crippen LogP contribution in [0.15, 0.2) is 18.2 Å². The van der Waals surface area contributed by atoms with Crippen molar-refractivity contribution in [1.29, 1.82) is 5.26 Å². The fourth-order valence-corrected chi connectivity index (χ4v) is 1.09. The van der Waals surface area contributed by atoms with Crippen molar-refractivity contribution in [3.63, 3.8) is 0 Å². The predicted octanol–water partition coefficient (Wildman–Crippen LogP) is 2.06. The summed E-state index contributed by atoms with van der Waals surface area (Å²) in [6, 6.07) is 6.33. The molecule has 5 heteroatoms. The molecule has 1 aromatic rings. The zero-order chi connectivity index (χ0) is 11.4. The van der Waals surface area contributed by atoms with Crippen LogP contribution in [0.3, 0.4) is 0 Å². The summed E-state index contributed by atoms with van der Waals surface area (Å²) < 4.78 is 5.07. The Bertz CT molecular complexity index is 425. The first-order chi connectivity index (χ1) is 7.04. The summed E-state index contributed by atoms with van der Waals surface area (Å²) in [7, 11) is 0. The van der Waals surface area contributed by atoms with Gasteiger partial charge in [0.2, 0.25) is 0 Å². The summed E-state index contributed by atoms with van der Waals surface area (Å²) >= 11 is 5.70. The number of aliphatic carboxylic acids is 1. The Morgan fingerprint density at radius 1 is 1.67 bits per heavy atom. The lowest BCUT2D eigenvalue weighted by atomic mass is 10.2. The number of nitrogens with zero attached hydrogens (tertiary/aromatic N) is 1. The molecule has 0 aliphatic heterocycles. The fourth-order valence-electron chi connectivity index (χ4n) is 0.927. The molecular weight excluding hydrogens is 218 g/mol. The molecule has 0 radical (unpaired) electrons. The molecule has 0 saturated carbocycles. The van der Waals surface area contributed by atoms with Gasteiger partial charge in [-0.05, 0) is 19.1 Å². The molecule has 0 unspecified atom stereocenters. The number of benzene rings is 1. The third-order valence-electron chi connectivity index (χ3n) is 1.72. The standard InChI is InChI=1S/C10H8ClNO3/c1-6(10(13)14)15-9-4-8(11)3-2-7(9)5-12/h2-4,6H,1H3,(H,13,14)/t6-/m0/s1. The molecule has 0 spiro atoms. The number of nitriles is 1. The maximum absolute atomic E-state index is 10.5. The first-order valence-electron chi connectivity index (χ1n) is 4.13. The van der Waals surface area contributed by atoms with E-state index in [1.54, 1.807) is 6.07 Å². The van der Waals surface area contributed by atoms with Crippen molar-refractivity contribution in [2.45, 2.75) is 13.0 Å². The molecule has 78 valence electrons. The largest absolute Gasteiger partial charge is 0.479 e. The second-order valence-corrected chi connectivity index (χ2v) is 3.29. The molecule has 1 aromatic carbocycles. The molecule has 0 aliphatic rings. The summed E-state index contributed by atoms with van der Waals surface area (Å²) in [5.41, 5.74) is 0.257. The number of halogens is 1. The number of hydrogen-bond donors (Lipinski definition) is 1. The second kappa shape index (κ2) is 4.67. The third-order valence-corrected chi connectivity index (χ3v) is 1.95. The molecule has 0 bridgehead atoms. The maximum Gasteiger partial charge on any atom is 0.344 e. The number of hydrogen-bond acceptors (Lipinski definition) is 3. The molecule has 0 heterocycles. The first kappa shape index (κ1) is 11.3. The van der Waals surface area contributed by atoms with Crippen LogP contribution in [0, 0.1) is 11.3 Å². The van der Waals surface area contributed by atoms with Crippen molar-refractivity contribution in [2.75, 3.05) is 0 Å². The monoisotopic (exact) mass is 225 g/mol. The number of ether oxygens (including phenoxy) is 1. The van der Waals surface area contributed by atoms with E-state index in [1.165, 1.54) is 19.1 Å². The lowest BCUT2D eigenvalue weighted by Crippen LogP contribution is -2.23. The van der Waals surface area contributed by atoms with Crippen LogP contribution >= 0.6 is 11.6 Å². The van der Waals surface area contributed by atoms with Gasteiger partial charge in [-0.25, -0.2) is 4.79 Å². The first-order valence-corrected chi connectivity index (χ1v) is 4.51. The van der Waals surface area contributed by atoms with Crippen molar-refractivity contribution in [3.05, 3.63) is 28.8 Å². The average Bonchev–Trinajstić information content (AvgIpc) is 2.18. The minimum Gasteiger partial charge on any atom is -0.479 e. The van der Waals surface area contributed by atoms with Crippen LogP contribution in [-0.2, 0) is 4.79 Å². The van der Waals surface area contributed by atoms with Crippen LogP contribution < -0.4 is 4.74 Å². The Balaban J connectivity index is 2.98. The lowest BCUT2D eigenvalue weighted by molar-refractivity contribution is -0.144. The molecule has 1 atom stereocenters. The smallest absolute Gasteiger partial charge is 0.344 e. The van der Waals surface area contributed by atoms with E-state index < -0.39 is 12.1 Å². The Morgan fingerprint density at radius 3 is 2.87 bits per heavy atom. The van der Waals surface area contributed by atoms with Crippen molar-refractivity contribution in [2.24, 2.45) is 0 Å². The molecule has 1 rings (SSSR count). The highest BCUT2D eigenvalue weighted by Gasteiger charge is 2.14. The van der Waals surface area contributed by atoms with Gasteiger partial charge in [0.05, 0.1) is 5.56 Å². The van der Waals surface area contributed by atoms with Crippen LogP contribution in [-0.4, -0.2) is 17.2 Å². The summed E-state index contributed by atoms with van der Waals surface area (Å²) in [5, 5.41) is 17.8. The van der Waals surface area contributed by atoms with Gasteiger partial charge in [-0.15, -0.1) is 0 Å². The third kappa shape index (κ3) is 2.86. The minimum atomic E-state index is -1.10. The molecule has 0 aromatic heterocycles. The minimum absolute atomic E-state index is 0.180. The quantitative estimate of drug-likeness (QED) is 0.855. The van der Waals surface area contributed by atoms with Gasteiger partial charge in [-0.2, -0.15) is 5.26 Å². The van der Waals surface area contributed by atoms with Gasteiger partial charge in [0.1, 0.15) is 11.8 Å². The van der Waals surface area contributed by atoms with Gasteiger partial charge in [0.15, 0.2) is 6.10 Å². The molecule has 0 aliphatic carbocycles. The van der Waals surface area contributed by atoms with E-state index in [1.807, 2.05) is 6.07 Å². The van der Waals surface area contributed by atoms with Crippen molar-refractivity contribution < 1.29 is 14.6 Å². The van der Waals surface area contributed by atoms with Crippen molar-refractivity contribution in [3.8, 4) is 11.8 Å². The lowest BCUT2D eigenvalue weighted by Gasteiger charge is -2.11. The van der Waals surface area contributed by atoms with Crippen molar-refractivity contribution >= 4 is 17.6 Å². The van der Waals surface area contributed by atoms with Gasteiger partial charge >= 0.3 is 5.97 Å². The molecule has 0 saturated heterocycles. The van der Waals surface area contributed by atoms with Crippen LogP contribution in [0.5, 0.6) is 5.75 Å². The zero-order valence-electron chi connectivity index (χ0n) is 7.90. The molecule has 0 amide bonds. The number of carboxylic acid groups (broad SMARTS) is 1. The van der Waals surface area contributed by atoms with Gasteiger partial charge in [-0.1, -0.05) is 11.6 Å². The van der Waals surface area contributed by atoms with E-state index in [9.17, 15) is 4.79 Å². The highest BCUT2D eigenvalue weighted by molar-refractivity contribution is 6.30. The number of carboxylic acids is 1. The highest BCUT2D eigenvalue weighted by Crippen LogP contribution is 2.23. The van der Waals surface area contributed by atoms with Crippen LogP contribution in [0.25, 0.3) is 0 Å². The summed E-state index contributed by atoms with van der Waals surface area (Å²) in [4.78, 5) is 10.5. The molecule has 15 heavy (non-hydrogen) atoms. The Labute approximate surface area is 91.7 Å². The number of carbonyl (C=O) groups is 1. The maximum atomic E-state index is 10.5. The molecule has 1 N–H and O–H groups in total. The van der Waals surface area contributed by atoms with Crippen LogP contribution in [0.4, 0.5) is 0 Å². The summed E-state index contributed by atoms with van der Waals surface area (Å²) in [6.45, 7) is 1.38. The topological polar surface area (TPSA) is 70.3 Å². The normalized spacial score (nSPS) is 11.5. The van der Waals surface area contributed by atoms with Crippen LogP contribution in [0.2, 0.25) is 5.02 Å². The number of rotatable bonds is 3. The molecular formula is C10H8ClNO3. The van der Waals surface area contributed by atoms with Crippen LogP contribution in [0.1, 0.15) is 12.5 Å². The zero-order valence-corrected chi connectivity index (χ0v) is 8.65.